The molecule has 0 bridgehead atoms. The highest BCUT2D eigenvalue weighted by atomic mass is 31.1. The molecule has 4 heterocycles. The molecule has 10 rings (SSSR count). The molecule has 2 aliphatic heterocycles. The Labute approximate surface area is 472 Å². The van der Waals surface area contributed by atoms with Crippen molar-refractivity contribution >= 4 is 8.25 Å². The van der Waals surface area contributed by atoms with Crippen LogP contribution in [0, 0.1) is 13.8 Å². The van der Waals surface area contributed by atoms with E-state index in [0.29, 0.717) is 23.0 Å². The van der Waals surface area contributed by atoms with Crippen LogP contribution < -0.4 is 41.4 Å². The van der Waals surface area contributed by atoms with E-state index in [0.717, 1.165) is 33.4 Å². The highest BCUT2D eigenvalue weighted by Gasteiger charge is 2.51. The first kappa shape index (κ1) is 57.0. The molecule has 0 saturated carbocycles. The molecule has 0 aliphatic carbocycles. The number of hydrogen-bond acceptors (Lipinski definition) is 15. The fraction of sp³-hybridized carbons (Fsp3) is 0.290. The third kappa shape index (κ3) is 11.6. The zero-order chi connectivity index (χ0) is 57.5. The Morgan fingerprint density at radius 1 is 0.463 bits per heavy atom. The number of ether oxygens (including phenoxy) is 8. The van der Waals surface area contributed by atoms with Crippen molar-refractivity contribution in [1.29, 1.82) is 0 Å². The number of aromatic amines is 2. The van der Waals surface area contributed by atoms with Gasteiger partial charge in [0.1, 0.15) is 71.1 Å². The number of hydrogen-bond donors (Lipinski definition) is 2. The molecule has 6 atom stereocenters. The monoisotopic (exact) mass is 1130 g/mol. The second-order valence-corrected chi connectivity index (χ2v) is 20.7. The summed E-state index contributed by atoms with van der Waals surface area (Å²) in [6.45, 7) is 2.73. The molecule has 6 aromatic carbocycles. The lowest BCUT2D eigenvalue weighted by Crippen LogP contribution is -2.39. The van der Waals surface area contributed by atoms with E-state index >= 15 is 0 Å². The highest BCUT2D eigenvalue weighted by molar-refractivity contribution is 7.33. The smallest absolute Gasteiger partial charge is 0.497 e. The van der Waals surface area contributed by atoms with E-state index in [1.165, 1.54) is 21.5 Å². The number of nitrogens with one attached hydrogen (secondary N) is 2. The van der Waals surface area contributed by atoms with Crippen LogP contribution in [0.25, 0.3) is 0 Å². The van der Waals surface area contributed by atoms with Gasteiger partial charge in [0.05, 0.1) is 41.7 Å². The molecule has 2 aromatic heterocycles. The van der Waals surface area contributed by atoms with Gasteiger partial charge in [-0.15, -0.1) is 9.05 Å². The number of aryl methyl sites for hydroxylation is 2. The minimum Gasteiger partial charge on any atom is -0.497 e. The molecule has 0 spiro atoms. The van der Waals surface area contributed by atoms with Crippen LogP contribution in [0.1, 0.15) is 69.8 Å². The topological polar surface area (TPSA) is 219 Å². The third-order valence-electron chi connectivity index (χ3n) is 15.0. The maximum atomic E-state index is 14.9. The lowest BCUT2D eigenvalue weighted by molar-refractivity contribution is -0.0969. The van der Waals surface area contributed by atoms with Crippen molar-refractivity contribution in [2.45, 2.75) is 74.8 Å². The first-order chi connectivity index (χ1) is 39.8. The second kappa shape index (κ2) is 24.8. The van der Waals surface area contributed by atoms with E-state index in [1.807, 2.05) is 158 Å². The standard InChI is InChI=1S/C62H61N4O15P/c1-39-35-65(59(69)63-57(39)67)55-33-51(53(78-55)37-76-61(41-13-9-7-10-14-41,43-17-25-47(72-3)26-18-43)44-19-27-48(73-4)28-20-44)80-82(71)81-52-34-56(66-36-40(2)58(68)64-60(66)70)79-54(52)38-77-62(42-15-11-8-12-16-42,45-21-29-49(74-5)30-22-45)46-23-31-50(75-6)32-24-46/h7-32,35-36,51-56H,33-34,37-38H2,1-6H3,(H-,63,64,67,68,69,70)/p+1/t51-,52-,53+,54+,55+,56+/m0/s1. The molecule has 0 radical (unpaired) electrons. The van der Waals surface area contributed by atoms with E-state index in [-0.39, 0.29) is 37.2 Å². The molecule has 424 valence electrons. The molecular formula is C62H62N4O15P+. The van der Waals surface area contributed by atoms with Gasteiger partial charge in [-0.25, -0.2) is 9.59 Å². The van der Waals surface area contributed by atoms with Gasteiger partial charge < -0.3 is 37.9 Å². The van der Waals surface area contributed by atoms with Gasteiger partial charge in [0.2, 0.25) is 0 Å². The Kier molecular flexibility index (Phi) is 17.3. The van der Waals surface area contributed by atoms with Gasteiger partial charge in [-0.3, -0.25) is 28.7 Å². The Morgan fingerprint density at radius 3 is 1.05 bits per heavy atom. The van der Waals surface area contributed by atoms with Crippen molar-refractivity contribution in [3.63, 3.8) is 0 Å². The van der Waals surface area contributed by atoms with Gasteiger partial charge >= 0.3 is 19.6 Å². The van der Waals surface area contributed by atoms with Gasteiger partial charge in [0.15, 0.2) is 0 Å². The molecule has 8 aromatic rings. The van der Waals surface area contributed by atoms with E-state index in [4.69, 9.17) is 46.9 Å². The molecule has 82 heavy (non-hydrogen) atoms. The third-order valence-corrected chi connectivity index (χ3v) is 15.9. The predicted octanol–water partition coefficient (Wildman–Crippen LogP) is 8.76. The van der Waals surface area contributed by atoms with Crippen LogP contribution in [0.2, 0.25) is 0 Å². The lowest BCUT2D eigenvalue weighted by Gasteiger charge is -2.37. The molecular weight excluding hydrogens is 1070 g/mol. The van der Waals surface area contributed by atoms with Crippen LogP contribution in [0.5, 0.6) is 23.0 Å². The Bertz CT molecular complexity index is 3390. The van der Waals surface area contributed by atoms with Crippen LogP contribution in [-0.4, -0.2) is 85.2 Å². The van der Waals surface area contributed by atoms with Gasteiger partial charge in [-0.2, -0.15) is 0 Å². The van der Waals surface area contributed by atoms with Crippen molar-refractivity contribution in [2.24, 2.45) is 0 Å². The van der Waals surface area contributed by atoms with Crippen molar-refractivity contribution in [1.82, 2.24) is 19.1 Å². The maximum Gasteiger partial charge on any atom is 0.698 e. The van der Waals surface area contributed by atoms with Crippen molar-refractivity contribution in [3.8, 4) is 23.0 Å². The Balaban J connectivity index is 1.01. The minimum absolute atomic E-state index is 0.0427. The summed E-state index contributed by atoms with van der Waals surface area (Å²) < 4.78 is 80.4. The summed E-state index contributed by atoms with van der Waals surface area (Å²) in [5.41, 5.74) is -0.235. The number of rotatable bonds is 22. The van der Waals surface area contributed by atoms with Crippen LogP contribution in [-0.2, 0) is 43.8 Å². The van der Waals surface area contributed by atoms with Crippen LogP contribution in [0.15, 0.2) is 189 Å². The quantitative estimate of drug-likeness (QED) is 0.0479. The number of methoxy groups -OCH3 is 4. The van der Waals surface area contributed by atoms with E-state index in [1.54, 1.807) is 42.3 Å². The summed E-state index contributed by atoms with van der Waals surface area (Å²) in [5.74, 6) is 2.50. The van der Waals surface area contributed by atoms with Crippen molar-refractivity contribution in [2.75, 3.05) is 41.7 Å². The summed E-state index contributed by atoms with van der Waals surface area (Å²) in [5, 5.41) is 0. The summed E-state index contributed by atoms with van der Waals surface area (Å²) in [6, 6.07) is 49.2. The summed E-state index contributed by atoms with van der Waals surface area (Å²) in [6.07, 6.45) is -3.53. The molecule has 19 nitrogen and oxygen atoms in total. The fourth-order valence-corrected chi connectivity index (χ4v) is 11.6. The van der Waals surface area contributed by atoms with Gasteiger partial charge in [0, 0.05) is 40.9 Å². The van der Waals surface area contributed by atoms with Gasteiger partial charge in [0.25, 0.3) is 11.1 Å². The normalized spacial score (nSPS) is 19.0. The minimum atomic E-state index is -3.10. The summed E-state index contributed by atoms with van der Waals surface area (Å²) >= 11 is 0. The fourth-order valence-electron chi connectivity index (χ4n) is 10.7. The summed E-state index contributed by atoms with van der Waals surface area (Å²) in [4.78, 5) is 56.9. The Hall–Kier alpha value is -8.26. The highest BCUT2D eigenvalue weighted by Crippen LogP contribution is 2.47. The van der Waals surface area contributed by atoms with Crippen LogP contribution in [0.3, 0.4) is 0 Å². The van der Waals surface area contributed by atoms with Gasteiger partial charge in [-0.05, 0) is 95.8 Å². The molecule has 2 aliphatic rings. The largest absolute Gasteiger partial charge is 0.698 e. The predicted molar refractivity (Wildman–Crippen MR) is 303 cm³/mol. The Morgan fingerprint density at radius 2 is 0.756 bits per heavy atom. The zero-order valence-corrected chi connectivity index (χ0v) is 46.8. The van der Waals surface area contributed by atoms with E-state index in [2.05, 4.69) is 9.97 Å². The first-order valence-electron chi connectivity index (χ1n) is 26.5. The van der Waals surface area contributed by atoms with Crippen molar-refractivity contribution < 1.29 is 51.5 Å². The average molecular weight is 1130 g/mol. The van der Waals surface area contributed by atoms with Crippen LogP contribution in [0.4, 0.5) is 0 Å². The zero-order valence-electron chi connectivity index (χ0n) is 45.9. The average Bonchev–Trinajstić information content (AvgIpc) is 3.61. The number of aromatic nitrogens is 4. The first-order valence-corrected chi connectivity index (χ1v) is 27.6. The molecule has 2 saturated heterocycles. The lowest BCUT2D eigenvalue weighted by atomic mass is 9.80. The van der Waals surface area contributed by atoms with Crippen LogP contribution >= 0.6 is 8.25 Å². The molecule has 2 fully saturated rings. The molecule has 20 heteroatoms. The number of nitrogens with zero attached hydrogens (tertiary/aromatic N) is 2. The van der Waals surface area contributed by atoms with E-state index < -0.39 is 78.8 Å². The molecule has 2 N–H and O–H groups in total. The second-order valence-electron chi connectivity index (χ2n) is 19.8. The number of benzene rings is 6. The SMILES string of the molecule is COc1ccc(C(OC[C@H]2O[C@@H](n3cc(C)c(=O)[nH]c3=O)C[C@@H]2O[P+](=O)O[C@H]2C[C@H](n3cc(C)c(=O)[nH]c3=O)O[C@@H]2COC(c2ccccc2)(c2ccc(OC)cc2)c2ccc(OC)cc2)(c2ccccc2)c2ccc(OC)cc2)cc1. The summed E-state index contributed by atoms with van der Waals surface area (Å²) in [7, 11) is 3.24. The van der Waals surface area contributed by atoms with Crippen molar-refractivity contribution in [3.05, 3.63) is 256 Å². The maximum absolute atomic E-state index is 14.9. The van der Waals surface area contributed by atoms with E-state index in [9.17, 15) is 23.7 Å². The van der Waals surface area contributed by atoms with Gasteiger partial charge in [-0.1, -0.05) is 109 Å². The number of H-pyrrole nitrogens is 2. The molecule has 0 unspecified atom stereocenters. The molecule has 0 amide bonds.